The lowest BCUT2D eigenvalue weighted by molar-refractivity contribution is 0.0997. The van der Waals surface area contributed by atoms with Gasteiger partial charge in [0.1, 0.15) is 5.69 Å². The molecule has 0 radical (unpaired) electrons. The Balaban J connectivity index is 0.000000229. The zero-order valence-electron chi connectivity index (χ0n) is 17.8. The molecule has 0 atom stereocenters. The number of nitrogens with two attached hydrogens (primary N) is 1. The fourth-order valence-corrected chi connectivity index (χ4v) is 4.02. The number of hydrogen-bond donors (Lipinski definition) is 2. The highest BCUT2D eigenvalue weighted by Gasteiger charge is 2.22. The molecule has 1 saturated carbocycles. The number of H-pyrrole nitrogens is 1. The lowest BCUT2D eigenvalue weighted by Crippen LogP contribution is -2.19. The molecule has 1 fully saturated rings. The number of nitrogens with one attached hydrogen (secondary N) is 1. The van der Waals surface area contributed by atoms with E-state index in [1.807, 2.05) is 0 Å². The number of halogens is 2. The van der Waals surface area contributed by atoms with Crippen molar-refractivity contribution < 1.29 is 13.6 Å². The summed E-state index contributed by atoms with van der Waals surface area (Å²) in [5.41, 5.74) is 7.18. The molecule has 5 nitrogen and oxygen atoms in total. The van der Waals surface area contributed by atoms with Crippen LogP contribution in [0.4, 0.5) is 8.78 Å². The second kappa shape index (κ2) is 9.81. The van der Waals surface area contributed by atoms with E-state index in [0.29, 0.717) is 23.4 Å². The molecule has 7 heteroatoms. The molecule has 2 heterocycles. The van der Waals surface area contributed by atoms with Gasteiger partial charge in [-0.2, -0.15) is 0 Å². The Morgan fingerprint density at radius 1 is 1.19 bits per heavy atom. The number of aryl methyl sites for hydroxylation is 1. The molecule has 0 bridgehead atoms. The van der Waals surface area contributed by atoms with E-state index >= 15 is 0 Å². The van der Waals surface area contributed by atoms with Crippen LogP contribution >= 0.6 is 0 Å². The van der Waals surface area contributed by atoms with Crippen LogP contribution in [0.5, 0.6) is 0 Å². The van der Waals surface area contributed by atoms with Crippen LogP contribution in [0, 0.1) is 17.6 Å². The normalized spacial score (nSPS) is 18.3. The fraction of sp³-hybridized carbons (Fsp3) is 0.375. The van der Waals surface area contributed by atoms with E-state index in [1.165, 1.54) is 25.1 Å². The molecule has 164 valence electrons. The number of primary amides is 1. The minimum absolute atomic E-state index is 0.0394. The van der Waals surface area contributed by atoms with Gasteiger partial charge in [-0.15, -0.1) is 0 Å². The molecule has 3 aromatic rings. The Morgan fingerprint density at radius 3 is 2.52 bits per heavy atom. The molecule has 1 aliphatic rings. The topological polar surface area (TPSA) is 88.8 Å². The number of aromatic nitrogens is 2. The average Bonchev–Trinajstić information content (AvgIpc) is 2.76. The quantitative estimate of drug-likeness (QED) is 0.627. The van der Waals surface area contributed by atoms with Gasteiger partial charge >= 0.3 is 0 Å². The lowest BCUT2D eigenvalue weighted by atomic mass is 9.81. The maximum absolute atomic E-state index is 12.6. The number of benzene rings is 1. The lowest BCUT2D eigenvalue weighted by Gasteiger charge is -2.26. The number of aromatic amines is 1. The van der Waals surface area contributed by atoms with Crippen LogP contribution in [0.2, 0.25) is 0 Å². The molecule has 3 N–H and O–H groups in total. The van der Waals surface area contributed by atoms with Gasteiger partial charge in [-0.3, -0.25) is 14.6 Å². The minimum atomic E-state index is -0.764. The Hall–Kier alpha value is -3.09. The maximum atomic E-state index is 12.6. The third-order valence-corrected chi connectivity index (χ3v) is 5.86. The SMILES string of the molecule is CC1CCC(c2cc(=O)c3c(C(N)=O)nccc3[nH]2)CC1.CCc1cccc(F)c1F. The van der Waals surface area contributed by atoms with Gasteiger partial charge in [0, 0.05) is 18.0 Å². The van der Waals surface area contributed by atoms with E-state index in [1.54, 1.807) is 25.1 Å². The third-order valence-electron chi connectivity index (χ3n) is 5.86. The van der Waals surface area contributed by atoms with Crippen LogP contribution in [0.25, 0.3) is 10.9 Å². The molecular formula is C24H27F2N3O2. The van der Waals surface area contributed by atoms with Gasteiger partial charge in [-0.05, 0) is 48.8 Å². The smallest absolute Gasteiger partial charge is 0.268 e. The number of carbonyl (C=O) groups is 1. The first kappa shape index (κ1) is 22.6. The van der Waals surface area contributed by atoms with Crippen LogP contribution < -0.4 is 11.2 Å². The van der Waals surface area contributed by atoms with Gasteiger partial charge < -0.3 is 10.7 Å². The Labute approximate surface area is 179 Å². The minimum Gasteiger partial charge on any atom is -0.364 e. The number of carbonyl (C=O) groups excluding carboxylic acids is 1. The average molecular weight is 427 g/mol. The molecule has 0 saturated heterocycles. The summed E-state index contributed by atoms with van der Waals surface area (Å²) >= 11 is 0. The van der Waals surface area contributed by atoms with Crippen LogP contribution in [0.3, 0.4) is 0 Å². The molecule has 1 aliphatic carbocycles. The summed E-state index contributed by atoms with van der Waals surface area (Å²) in [7, 11) is 0. The number of amides is 1. The number of hydrogen-bond acceptors (Lipinski definition) is 3. The van der Waals surface area contributed by atoms with Crippen molar-refractivity contribution in [3.8, 4) is 0 Å². The Bertz CT molecular complexity index is 1140. The Morgan fingerprint density at radius 2 is 1.90 bits per heavy atom. The summed E-state index contributed by atoms with van der Waals surface area (Å²) in [6.07, 6.45) is 6.60. The summed E-state index contributed by atoms with van der Waals surface area (Å²) < 4.78 is 25.0. The first-order valence-electron chi connectivity index (χ1n) is 10.6. The van der Waals surface area contributed by atoms with Crippen LogP contribution in [-0.4, -0.2) is 15.9 Å². The van der Waals surface area contributed by atoms with Crippen molar-refractivity contribution in [1.82, 2.24) is 9.97 Å². The van der Waals surface area contributed by atoms with Gasteiger partial charge in [0.2, 0.25) is 0 Å². The molecular weight excluding hydrogens is 400 g/mol. The predicted octanol–water partition coefficient (Wildman–Crippen LogP) is 4.84. The summed E-state index contributed by atoms with van der Waals surface area (Å²) in [6, 6.07) is 7.54. The molecule has 1 amide bonds. The number of fused-ring (bicyclic) bond motifs is 1. The molecule has 31 heavy (non-hydrogen) atoms. The molecule has 4 rings (SSSR count). The van der Waals surface area contributed by atoms with Crippen molar-refractivity contribution in [2.24, 2.45) is 11.7 Å². The van der Waals surface area contributed by atoms with Crippen molar-refractivity contribution in [2.75, 3.05) is 0 Å². The number of rotatable bonds is 3. The second-order valence-electron chi connectivity index (χ2n) is 8.06. The number of pyridine rings is 2. The summed E-state index contributed by atoms with van der Waals surface area (Å²) in [4.78, 5) is 31.0. The number of nitrogens with zero attached hydrogens (tertiary/aromatic N) is 1. The van der Waals surface area contributed by atoms with Crippen molar-refractivity contribution in [3.63, 3.8) is 0 Å². The van der Waals surface area contributed by atoms with Crippen LogP contribution in [-0.2, 0) is 6.42 Å². The fourth-order valence-electron chi connectivity index (χ4n) is 4.02. The second-order valence-corrected chi connectivity index (χ2v) is 8.06. The largest absolute Gasteiger partial charge is 0.364 e. The first-order valence-corrected chi connectivity index (χ1v) is 10.6. The van der Waals surface area contributed by atoms with E-state index in [4.69, 9.17) is 5.73 Å². The highest BCUT2D eigenvalue weighted by Crippen LogP contribution is 2.34. The van der Waals surface area contributed by atoms with Crippen molar-refractivity contribution in [2.45, 2.75) is 51.9 Å². The summed E-state index contributed by atoms with van der Waals surface area (Å²) in [5, 5.41) is 0.290. The zero-order valence-corrected chi connectivity index (χ0v) is 17.8. The van der Waals surface area contributed by atoms with E-state index in [-0.39, 0.29) is 16.5 Å². The van der Waals surface area contributed by atoms with Crippen LogP contribution in [0.15, 0.2) is 41.3 Å². The maximum Gasteiger partial charge on any atom is 0.268 e. The van der Waals surface area contributed by atoms with Crippen molar-refractivity contribution in [1.29, 1.82) is 0 Å². The molecule has 0 unspecified atom stereocenters. The molecule has 0 spiro atoms. The van der Waals surface area contributed by atoms with Gasteiger partial charge in [0.05, 0.1) is 10.9 Å². The van der Waals surface area contributed by atoms with Crippen LogP contribution in [0.1, 0.15) is 67.2 Å². The van der Waals surface area contributed by atoms with E-state index in [9.17, 15) is 18.4 Å². The van der Waals surface area contributed by atoms with Gasteiger partial charge in [0.15, 0.2) is 17.1 Å². The third kappa shape index (κ3) is 5.16. The standard InChI is InChI=1S/C16H19N3O2.C8H8F2/c1-9-2-4-10(5-3-9)12-8-13(20)14-11(19-12)6-7-18-15(14)16(17)21;1-2-6-4-3-5-7(9)8(6)10/h6-10H,2-5H2,1H3,(H2,17,21)(H,19,20);3-5H,2H2,1H3. The van der Waals surface area contributed by atoms with E-state index < -0.39 is 17.5 Å². The van der Waals surface area contributed by atoms with Gasteiger partial charge in [-0.1, -0.05) is 38.8 Å². The first-order chi connectivity index (χ1) is 14.8. The molecule has 0 aliphatic heterocycles. The summed E-state index contributed by atoms with van der Waals surface area (Å²) in [5.74, 6) is -1.00. The molecule has 1 aromatic carbocycles. The monoisotopic (exact) mass is 427 g/mol. The summed E-state index contributed by atoms with van der Waals surface area (Å²) in [6.45, 7) is 4.06. The van der Waals surface area contributed by atoms with Gasteiger partial charge in [0.25, 0.3) is 5.91 Å². The highest BCUT2D eigenvalue weighted by molar-refractivity contribution is 6.03. The molecule has 2 aromatic heterocycles. The highest BCUT2D eigenvalue weighted by atomic mass is 19.2. The Kier molecular flexibility index (Phi) is 7.15. The van der Waals surface area contributed by atoms with Crippen molar-refractivity contribution in [3.05, 3.63) is 75.3 Å². The van der Waals surface area contributed by atoms with Crippen molar-refractivity contribution >= 4 is 16.8 Å². The van der Waals surface area contributed by atoms with Gasteiger partial charge in [-0.25, -0.2) is 8.78 Å². The zero-order chi connectivity index (χ0) is 22.5. The van der Waals surface area contributed by atoms with E-state index in [0.717, 1.165) is 30.5 Å². The predicted molar refractivity (Wildman–Crippen MR) is 117 cm³/mol. The van der Waals surface area contributed by atoms with E-state index in [2.05, 4.69) is 16.9 Å².